The van der Waals surface area contributed by atoms with Crippen LogP contribution in [0, 0.1) is 20.2 Å². The Bertz CT molecular complexity index is 3520. The molecule has 6 heterocycles. The molecule has 3 aromatic heterocycles. The van der Waals surface area contributed by atoms with E-state index >= 15 is 0 Å². The monoisotopic (exact) mass is 1100 g/mol. The van der Waals surface area contributed by atoms with Crippen LogP contribution < -0.4 is 4.74 Å². The number of H-pyrrole nitrogens is 2. The Labute approximate surface area is 464 Å². The van der Waals surface area contributed by atoms with Gasteiger partial charge < -0.3 is 39.0 Å². The molecular weight excluding hydrogens is 1040 g/mol. The fourth-order valence-corrected chi connectivity index (χ4v) is 9.81. The Balaban J connectivity index is 0.000000272. The number of fused-ring (bicyclic) bond motifs is 5. The third-order valence-electron chi connectivity index (χ3n) is 13.5. The third-order valence-corrected chi connectivity index (χ3v) is 13.5. The molecule has 22 nitrogen and oxygen atoms in total. The molecule has 81 heavy (non-hydrogen) atoms. The molecule has 2 amide bonds. The van der Waals surface area contributed by atoms with Gasteiger partial charge in [0.1, 0.15) is 28.6 Å². The van der Waals surface area contributed by atoms with Gasteiger partial charge in [-0.2, -0.15) is 0 Å². The van der Waals surface area contributed by atoms with E-state index in [-0.39, 0.29) is 46.8 Å². The number of likely N-dealkylation sites (tertiary alicyclic amines) is 2. The molecule has 3 aliphatic heterocycles. The van der Waals surface area contributed by atoms with E-state index in [2.05, 4.69) is 69.1 Å². The number of benzene rings is 5. The van der Waals surface area contributed by atoms with Crippen molar-refractivity contribution in [2.45, 2.75) is 96.7 Å². The van der Waals surface area contributed by atoms with Gasteiger partial charge in [0.25, 0.3) is 11.4 Å². The summed E-state index contributed by atoms with van der Waals surface area (Å²) in [7, 11) is 0. The average Bonchev–Trinajstić information content (AvgIpc) is 4.49. The molecule has 0 saturated carbocycles. The summed E-state index contributed by atoms with van der Waals surface area (Å²) in [6.45, 7) is 12.6. The largest absolute Gasteiger partial charge is 0.478 e. The first-order valence-electron chi connectivity index (χ1n) is 26.1. The number of hydrogen-bond acceptors (Lipinski definition) is 13. The van der Waals surface area contributed by atoms with Crippen molar-refractivity contribution in [3.8, 4) is 39.5 Å². The number of carbonyl (C=O) groups excluding carboxylic acids is 2. The predicted molar refractivity (Wildman–Crippen MR) is 298 cm³/mol. The van der Waals surface area contributed by atoms with E-state index in [9.17, 15) is 39.4 Å². The fraction of sp³-hybridized carbons (Fsp3) is 0.288. The number of non-ortho nitro benzene ring substituents is 2. The van der Waals surface area contributed by atoms with E-state index in [1.165, 1.54) is 24.3 Å². The summed E-state index contributed by atoms with van der Waals surface area (Å²) in [5.74, 6) is 0.0985. The van der Waals surface area contributed by atoms with Crippen LogP contribution in [0.2, 0.25) is 0 Å². The first-order valence-corrected chi connectivity index (χ1v) is 26.1. The van der Waals surface area contributed by atoms with Crippen LogP contribution in [0.25, 0.3) is 44.7 Å². The van der Waals surface area contributed by atoms with Gasteiger partial charge in [0.15, 0.2) is 0 Å². The predicted octanol–water partition coefficient (Wildman–Crippen LogP) is 12.8. The normalized spacial score (nSPS) is 16.4. The lowest BCUT2D eigenvalue weighted by atomic mass is 10.0. The summed E-state index contributed by atoms with van der Waals surface area (Å²) < 4.78 is 20.6. The number of aromatic amines is 2. The number of aromatic nitrogens is 5. The molecule has 418 valence electrons. The van der Waals surface area contributed by atoms with Crippen LogP contribution in [-0.4, -0.2) is 103 Å². The Morgan fingerprint density at radius 3 is 1.56 bits per heavy atom. The minimum atomic E-state index is -1.09. The summed E-state index contributed by atoms with van der Waals surface area (Å²) in [5.41, 5.74) is 6.54. The highest BCUT2D eigenvalue weighted by Crippen LogP contribution is 2.46. The van der Waals surface area contributed by atoms with Gasteiger partial charge in [-0.05, 0) is 122 Å². The molecule has 3 atom stereocenters. The van der Waals surface area contributed by atoms with Crippen LogP contribution >= 0.6 is 0 Å². The Morgan fingerprint density at radius 2 is 1.10 bits per heavy atom. The molecule has 5 aromatic carbocycles. The second-order valence-corrected chi connectivity index (χ2v) is 21.5. The molecular formula is C59H59N9O13. The van der Waals surface area contributed by atoms with Gasteiger partial charge in [0.2, 0.25) is 6.23 Å². The van der Waals surface area contributed by atoms with Crippen LogP contribution in [0.5, 0.6) is 5.75 Å². The molecule has 4 N–H and O–H groups in total. The summed E-state index contributed by atoms with van der Waals surface area (Å²) in [6.07, 6.45) is 6.10. The van der Waals surface area contributed by atoms with Crippen LogP contribution in [-0.2, 0) is 9.47 Å². The number of amides is 2. The zero-order valence-electron chi connectivity index (χ0n) is 45.2. The van der Waals surface area contributed by atoms with Crippen LogP contribution in [0.3, 0.4) is 0 Å². The number of carbonyl (C=O) groups is 4. The molecule has 3 unspecified atom stereocenters. The molecule has 8 aromatic rings. The number of hydrogen-bond donors (Lipinski definition) is 4. The third kappa shape index (κ3) is 12.7. The summed E-state index contributed by atoms with van der Waals surface area (Å²) in [6, 6.07) is 34.3. The van der Waals surface area contributed by atoms with E-state index in [1.54, 1.807) is 9.80 Å². The quantitative estimate of drug-likeness (QED) is 0.0772. The summed E-state index contributed by atoms with van der Waals surface area (Å²) in [4.78, 5) is 85.9. The Morgan fingerprint density at radius 1 is 0.630 bits per heavy atom. The van der Waals surface area contributed by atoms with Crippen LogP contribution in [0.1, 0.15) is 123 Å². The smallest absolute Gasteiger partial charge is 0.410 e. The van der Waals surface area contributed by atoms with Crippen LogP contribution in [0.15, 0.2) is 134 Å². The molecule has 0 aliphatic carbocycles. The number of nitrogens with one attached hydrogen (secondary N) is 2. The van der Waals surface area contributed by atoms with E-state index in [0.29, 0.717) is 13.1 Å². The molecule has 2 fully saturated rings. The molecule has 22 heteroatoms. The number of rotatable bonds is 9. The standard InChI is InChI=1S/C45H49N7O5.2C7H5NO4/c1-44(2,3)56-42(53)50-20-10-14-35(50)39-46-25-32(48-39)28-17-19-34-30(22-28)23-37-31-18-16-29(24-38(31)55-41(52(34)37)27-12-8-7-9-13-27)33-26-47-40(49-33)36-15-11-21-51(36)43(54)57-45(4,5)6;2*9-7(10)5-1-3-6(4-2-5)8(11)12/h7-9,12-13,16-19,22-26,35-36,41H,10-11,14-15,20-21H2,1-6H3,(H,46,48)(H,47,49);2*1-4H,(H,9,10). The fourth-order valence-electron chi connectivity index (χ4n) is 9.81. The van der Waals surface area contributed by atoms with Crippen molar-refractivity contribution in [2.24, 2.45) is 0 Å². The highest BCUT2D eigenvalue weighted by atomic mass is 16.6. The maximum atomic E-state index is 13.0. The zero-order valence-corrected chi connectivity index (χ0v) is 45.2. The van der Waals surface area contributed by atoms with Crippen LogP contribution in [0.4, 0.5) is 21.0 Å². The number of imidazole rings is 2. The van der Waals surface area contributed by atoms with Crippen molar-refractivity contribution in [3.05, 3.63) is 182 Å². The zero-order chi connectivity index (χ0) is 57.9. The van der Waals surface area contributed by atoms with E-state index in [4.69, 9.17) is 34.4 Å². The Kier molecular flexibility index (Phi) is 15.8. The molecule has 0 radical (unpaired) electrons. The number of ether oxygens (including phenoxy) is 3. The Hall–Kier alpha value is -9.86. The summed E-state index contributed by atoms with van der Waals surface area (Å²) >= 11 is 0. The van der Waals surface area contributed by atoms with Crippen molar-refractivity contribution in [1.82, 2.24) is 34.3 Å². The second kappa shape index (κ2) is 22.8. The van der Waals surface area contributed by atoms with E-state index < -0.39 is 39.2 Å². The average molecular weight is 1100 g/mol. The lowest BCUT2D eigenvalue weighted by Crippen LogP contribution is -2.36. The summed E-state index contributed by atoms with van der Waals surface area (Å²) in [5, 5.41) is 38.2. The maximum Gasteiger partial charge on any atom is 0.410 e. The minimum absolute atomic E-state index is 0.0422. The van der Waals surface area contributed by atoms with Crippen molar-refractivity contribution >= 4 is 46.4 Å². The number of aromatic carboxylic acids is 2. The van der Waals surface area contributed by atoms with Gasteiger partial charge in [-0.1, -0.05) is 42.5 Å². The van der Waals surface area contributed by atoms with Crippen molar-refractivity contribution in [2.75, 3.05) is 13.1 Å². The number of nitro groups is 2. The van der Waals surface area contributed by atoms with Gasteiger partial charge >= 0.3 is 24.1 Å². The highest BCUT2D eigenvalue weighted by Gasteiger charge is 2.37. The van der Waals surface area contributed by atoms with Gasteiger partial charge in [0.05, 0.1) is 68.0 Å². The van der Waals surface area contributed by atoms with E-state index in [1.807, 2.05) is 72.1 Å². The minimum Gasteiger partial charge on any atom is -0.478 e. The molecule has 0 bridgehead atoms. The van der Waals surface area contributed by atoms with Gasteiger partial charge in [-0.25, -0.2) is 29.1 Å². The number of carboxylic acids is 2. The maximum absolute atomic E-state index is 13.0. The van der Waals surface area contributed by atoms with Gasteiger partial charge in [-0.3, -0.25) is 30.0 Å². The molecule has 3 aliphatic rings. The number of carboxylic acid groups (broad SMARTS) is 2. The van der Waals surface area contributed by atoms with Gasteiger partial charge in [-0.15, -0.1) is 0 Å². The van der Waals surface area contributed by atoms with Gasteiger partial charge in [0, 0.05) is 65.0 Å². The number of nitrogens with zero attached hydrogens (tertiary/aromatic N) is 7. The lowest BCUT2D eigenvalue weighted by Gasteiger charge is -2.30. The molecule has 0 spiro atoms. The second-order valence-electron chi connectivity index (χ2n) is 21.5. The first-order chi connectivity index (χ1) is 38.5. The topological polar surface area (TPSA) is 291 Å². The molecule has 11 rings (SSSR count). The first kappa shape index (κ1) is 55.9. The van der Waals surface area contributed by atoms with Crippen molar-refractivity contribution in [3.63, 3.8) is 0 Å². The molecule has 2 saturated heterocycles. The van der Waals surface area contributed by atoms with E-state index in [0.717, 1.165) is 118 Å². The van der Waals surface area contributed by atoms with Crippen molar-refractivity contribution < 1.29 is 53.4 Å². The highest BCUT2D eigenvalue weighted by molar-refractivity contribution is 5.93. The number of nitro benzene ring substituents is 2. The lowest BCUT2D eigenvalue weighted by molar-refractivity contribution is -0.385. The van der Waals surface area contributed by atoms with Crippen molar-refractivity contribution in [1.29, 1.82) is 0 Å². The SMILES string of the molecule is CC(C)(C)OC(=O)N1CCCC1c1ncc(-c2ccc3c(c2)OC(c2ccccc2)n2c-3cc3cc(-c4cnc(C5CCCN5C(=O)OC(C)(C)C)[nH]4)ccc32)[nH]1.O=C(O)c1ccc([N+](=O)[O-])cc1.O=C(O)c1ccc([N+](=O)[O-])cc1.